The second-order valence-corrected chi connectivity index (χ2v) is 5.08. The molecular formula is C16H20N2O. The van der Waals surface area contributed by atoms with Gasteiger partial charge in [0, 0.05) is 24.3 Å². The molecule has 0 aliphatic heterocycles. The van der Waals surface area contributed by atoms with Crippen LogP contribution in [-0.2, 0) is 6.54 Å². The van der Waals surface area contributed by atoms with Crippen molar-refractivity contribution >= 4 is 0 Å². The first kappa shape index (κ1) is 13.6. The Morgan fingerprint density at radius 3 is 2.53 bits per heavy atom. The summed E-state index contributed by atoms with van der Waals surface area (Å²) in [5.41, 5.74) is 10.7. The number of nitrogens with zero attached hydrogens (tertiary/aromatic N) is 1. The Morgan fingerprint density at radius 2 is 1.89 bits per heavy atom. The molecule has 2 rings (SSSR count). The van der Waals surface area contributed by atoms with Gasteiger partial charge in [-0.25, -0.2) is 0 Å². The molecule has 1 aromatic carbocycles. The molecule has 1 heterocycles. The maximum atomic E-state index is 11.9. The van der Waals surface area contributed by atoms with Gasteiger partial charge in [-0.1, -0.05) is 29.8 Å². The number of hydrogen-bond donors (Lipinski definition) is 1. The van der Waals surface area contributed by atoms with Gasteiger partial charge in [0.1, 0.15) is 0 Å². The molecule has 0 amide bonds. The maximum absolute atomic E-state index is 11.9. The minimum Gasteiger partial charge on any atom is -0.322 e. The number of nitrogens with two attached hydrogens (primary N) is 1. The van der Waals surface area contributed by atoms with Crippen LogP contribution in [0.2, 0.25) is 0 Å². The SMILES string of the molecule is Cc1ccc(C(N)Cn2c(C)cccc2=O)c(C)c1. The van der Waals surface area contributed by atoms with E-state index in [2.05, 4.69) is 32.0 Å². The smallest absolute Gasteiger partial charge is 0.250 e. The van der Waals surface area contributed by atoms with E-state index in [0.717, 1.165) is 11.3 Å². The molecule has 0 saturated heterocycles. The molecule has 0 aliphatic carbocycles. The molecule has 1 atom stereocenters. The molecule has 100 valence electrons. The fraction of sp³-hybridized carbons (Fsp3) is 0.312. The molecule has 0 bridgehead atoms. The Labute approximate surface area is 113 Å². The Bertz CT molecular complexity index is 643. The summed E-state index contributed by atoms with van der Waals surface area (Å²) in [6.45, 7) is 6.56. The highest BCUT2D eigenvalue weighted by atomic mass is 16.1. The number of aryl methyl sites for hydroxylation is 3. The first-order valence-electron chi connectivity index (χ1n) is 6.48. The summed E-state index contributed by atoms with van der Waals surface area (Å²) in [5, 5.41) is 0. The number of aromatic nitrogens is 1. The second-order valence-electron chi connectivity index (χ2n) is 5.08. The van der Waals surface area contributed by atoms with Crippen LogP contribution in [0.3, 0.4) is 0 Å². The van der Waals surface area contributed by atoms with E-state index < -0.39 is 0 Å². The monoisotopic (exact) mass is 256 g/mol. The van der Waals surface area contributed by atoms with Crippen LogP contribution >= 0.6 is 0 Å². The predicted molar refractivity (Wildman–Crippen MR) is 78.3 cm³/mol. The lowest BCUT2D eigenvalue weighted by Gasteiger charge is -2.18. The van der Waals surface area contributed by atoms with Gasteiger partial charge in [0.25, 0.3) is 5.56 Å². The van der Waals surface area contributed by atoms with Crippen LogP contribution in [0.15, 0.2) is 41.2 Å². The molecule has 3 heteroatoms. The second kappa shape index (κ2) is 5.41. The van der Waals surface area contributed by atoms with Gasteiger partial charge in [-0.15, -0.1) is 0 Å². The third-order valence-electron chi connectivity index (χ3n) is 3.47. The van der Waals surface area contributed by atoms with Crippen molar-refractivity contribution in [2.24, 2.45) is 5.73 Å². The van der Waals surface area contributed by atoms with Crippen molar-refractivity contribution in [3.63, 3.8) is 0 Å². The normalized spacial score (nSPS) is 12.4. The molecule has 0 saturated carbocycles. The molecular weight excluding hydrogens is 236 g/mol. The molecule has 0 fully saturated rings. The molecule has 3 nitrogen and oxygen atoms in total. The van der Waals surface area contributed by atoms with Crippen LogP contribution in [-0.4, -0.2) is 4.57 Å². The fourth-order valence-electron chi connectivity index (χ4n) is 2.39. The van der Waals surface area contributed by atoms with Crippen LogP contribution in [0.5, 0.6) is 0 Å². The summed E-state index contributed by atoms with van der Waals surface area (Å²) in [7, 11) is 0. The minimum atomic E-state index is -0.167. The van der Waals surface area contributed by atoms with Gasteiger partial charge in [0.2, 0.25) is 0 Å². The Hall–Kier alpha value is -1.87. The van der Waals surface area contributed by atoms with E-state index in [-0.39, 0.29) is 11.6 Å². The third-order valence-corrected chi connectivity index (χ3v) is 3.47. The molecule has 0 aliphatic rings. The van der Waals surface area contributed by atoms with Gasteiger partial charge < -0.3 is 10.3 Å². The summed E-state index contributed by atoms with van der Waals surface area (Å²) in [6, 6.07) is 11.3. The zero-order valence-electron chi connectivity index (χ0n) is 11.7. The van der Waals surface area contributed by atoms with Crippen LogP contribution in [0.1, 0.15) is 28.4 Å². The summed E-state index contributed by atoms with van der Waals surface area (Å²) < 4.78 is 1.73. The quantitative estimate of drug-likeness (QED) is 0.917. The van der Waals surface area contributed by atoms with Crippen molar-refractivity contribution in [2.45, 2.75) is 33.4 Å². The summed E-state index contributed by atoms with van der Waals surface area (Å²) in [6.07, 6.45) is 0. The lowest BCUT2D eigenvalue weighted by molar-refractivity contribution is 0.548. The summed E-state index contributed by atoms with van der Waals surface area (Å²) >= 11 is 0. The first-order chi connectivity index (χ1) is 8.99. The van der Waals surface area contributed by atoms with E-state index in [1.54, 1.807) is 16.7 Å². The lowest BCUT2D eigenvalue weighted by Crippen LogP contribution is -2.28. The molecule has 1 aromatic heterocycles. The van der Waals surface area contributed by atoms with Gasteiger partial charge in [-0.2, -0.15) is 0 Å². The Kier molecular flexibility index (Phi) is 3.86. The van der Waals surface area contributed by atoms with E-state index >= 15 is 0 Å². The van der Waals surface area contributed by atoms with Crippen LogP contribution in [0.4, 0.5) is 0 Å². The van der Waals surface area contributed by atoms with Gasteiger partial charge in [-0.3, -0.25) is 4.79 Å². The third kappa shape index (κ3) is 2.93. The zero-order valence-corrected chi connectivity index (χ0v) is 11.7. The van der Waals surface area contributed by atoms with Crippen molar-refractivity contribution in [2.75, 3.05) is 0 Å². The fourth-order valence-corrected chi connectivity index (χ4v) is 2.39. The van der Waals surface area contributed by atoms with Crippen molar-refractivity contribution in [3.8, 4) is 0 Å². The average molecular weight is 256 g/mol. The molecule has 2 aromatic rings. The van der Waals surface area contributed by atoms with Gasteiger partial charge >= 0.3 is 0 Å². The van der Waals surface area contributed by atoms with Crippen LogP contribution < -0.4 is 11.3 Å². The molecule has 0 spiro atoms. The largest absolute Gasteiger partial charge is 0.322 e. The highest BCUT2D eigenvalue weighted by molar-refractivity contribution is 5.32. The Morgan fingerprint density at radius 1 is 1.16 bits per heavy atom. The average Bonchev–Trinajstić information content (AvgIpc) is 2.33. The van der Waals surface area contributed by atoms with Crippen molar-refractivity contribution in [1.29, 1.82) is 0 Å². The van der Waals surface area contributed by atoms with Crippen LogP contribution in [0, 0.1) is 20.8 Å². The van der Waals surface area contributed by atoms with E-state index in [1.165, 1.54) is 11.1 Å². The van der Waals surface area contributed by atoms with E-state index in [0.29, 0.717) is 6.54 Å². The van der Waals surface area contributed by atoms with E-state index in [1.807, 2.05) is 13.0 Å². The maximum Gasteiger partial charge on any atom is 0.250 e. The molecule has 0 radical (unpaired) electrons. The molecule has 1 unspecified atom stereocenters. The topological polar surface area (TPSA) is 48.0 Å². The number of hydrogen-bond acceptors (Lipinski definition) is 2. The number of rotatable bonds is 3. The van der Waals surface area contributed by atoms with E-state index in [4.69, 9.17) is 5.73 Å². The van der Waals surface area contributed by atoms with Crippen molar-refractivity contribution in [1.82, 2.24) is 4.57 Å². The van der Waals surface area contributed by atoms with Gasteiger partial charge in [0.05, 0.1) is 0 Å². The number of pyridine rings is 1. The van der Waals surface area contributed by atoms with Crippen molar-refractivity contribution in [3.05, 3.63) is 69.1 Å². The standard InChI is InChI=1S/C16H20N2O/c1-11-7-8-14(12(2)9-11)15(17)10-18-13(3)5-4-6-16(18)19/h4-9,15H,10,17H2,1-3H3. The van der Waals surface area contributed by atoms with Crippen LogP contribution in [0.25, 0.3) is 0 Å². The zero-order chi connectivity index (χ0) is 14.0. The first-order valence-corrected chi connectivity index (χ1v) is 6.48. The molecule has 2 N–H and O–H groups in total. The summed E-state index contributed by atoms with van der Waals surface area (Å²) in [5.74, 6) is 0. The molecule has 19 heavy (non-hydrogen) atoms. The Balaban J connectivity index is 2.31. The van der Waals surface area contributed by atoms with E-state index in [9.17, 15) is 4.79 Å². The summed E-state index contributed by atoms with van der Waals surface area (Å²) in [4.78, 5) is 11.9. The van der Waals surface area contributed by atoms with Crippen molar-refractivity contribution < 1.29 is 0 Å². The predicted octanol–water partition coefficient (Wildman–Crippen LogP) is 2.47. The highest BCUT2D eigenvalue weighted by Gasteiger charge is 2.11. The minimum absolute atomic E-state index is 0.000199. The highest BCUT2D eigenvalue weighted by Crippen LogP contribution is 2.18. The number of benzene rings is 1. The van der Waals surface area contributed by atoms with Gasteiger partial charge in [0.15, 0.2) is 0 Å². The lowest BCUT2D eigenvalue weighted by atomic mass is 9.99. The van der Waals surface area contributed by atoms with Gasteiger partial charge in [-0.05, 0) is 38.0 Å².